The predicted molar refractivity (Wildman–Crippen MR) is 153 cm³/mol. The monoisotopic (exact) mass is 653 g/mol. The van der Waals surface area contributed by atoms with Gasteiger partial charge in [0.05, 0.1) is 37.1 Å². The van der Waals surface area contributed by atoms with E-state index in [9.17, 15) is 31.5 Å². The fraction of sp³-hybridized carbons (Fsp3) is 0.655. The number of aromatic nitrogens is 6. The third-order valence-corrected chi connectivity index (χ3v) is 9.06. The largest absolute Gasteiger partial charge is 0.393 e. The van der Waals surface area contributed by atoms with Crippen molar-refractivity contribution in [2.45, 2.75) is 70.1 Å². The Hall–Kier alpha value is -3.89. The molecule has 5 heterocycles. The highest BCUT2D eigenvalue weighted by molar-refractivity contribution is 5.92. The molecule has 1 saturated carbocycles. The molecule has 3 aromatic heterocycles. The Morgan fingerprint density at radius 1 is 1.24 bits per heavy atom. The normalized spacial score (nSPS) is 24.5. The van der Waals surface area contributed by atoms with Gasteiger partial charge in [-0.3, -0.25) is 14.3 Å². The molecule has 2 amide bonds. The van der Waals surface area contributed by atoms with E-state index >= 15 is 0 Å². The average Bonchev–Trinajstić information content (AvgIpc) is 3.67. The minimum absolute atomic E-state index is 0.0996. The van der Waals surface area contributed by atoms with Gasteiger partial charge < -0.3 is 20.3 Å². The maximum Gasteiger partial charge on any atom is 0.393 e. The number of hydrogen-bond acceptors (Lipinski definition) is 8. The fourth-order valence-corrected chi connectivity index (χ4v) is 6.65. The summed E-state index contributed by atoms with van der Waals surface area (Å²) in [6.07, 6.45) is -1.93. The Morgan fingerprint density at radius 2 is 2.02 bits per heavy atom. The van der Waals surface area contributed by atoms with Crippen molar-refractivity contribution < 1.29 is 36.3 Å². The number of rotatable bonds is 8. The second-order valence-electron chi connectivity index (χ2n) is 12.2. The van der Waals surface area contributed by atoms with Crippen molar-refractivity contribution >= 4 is 23.4 Å². The fourth-order valence-electron chi connectivity index (χ4n) is 6.65. The zero-order valence-electron chi connectivity index (χ0n) is 25.3. The van der Waals surface area contributed by atoms with E-state index in [0.717, 1.165) is 0 Å². The van der Waals surface area contributed by atoms with Gasteiger partial charge in [0.2, 0.25) is 11.8 Å². The molecule has 6 rings (SSSR count). The molecule has 3 aliphatic rings. The number of nitrogens with zero attached hydrogens (tertiary/aromatic N) is 7. The van der Waals surface area contributed by atoms with Crippen LogP contribution in [-0.2, 0) is 22.5 Å². The maximum absolute atomic E-state index is 14.6. The van der Waals surface area contributed by atoms with E-state index in [1.807, 2.05) is 11.8 Å². The van der Waals surface area contributed by atoms with Crippen LogP contribution in [0.15, 0.2) is 18.5 Å². The van der Waals surface area contributed by atoms with Crippen LogP contribution in [0.4, 0.5) is 27.8 Å². The molecule has 0 radical (unpaired) electrons. The van der Waals surface area contributed by atoms with Crippen LogP contribution in [0.25, 0.3) is 5.78 Å². The quantitative estimate of drug-likeness (QED) is 0.354. The molecule has 3 fully saturated rings. The minimum atomic E-state index is -4.46. The van der Waals surface area contributed by atoms with E-state index in [4.69, 9.17) is 9.72 Å². The second kappa shape index (κ2) is 12.7. The molecular formula is C29H36F5N9O3. The van der Waals surface area contributed by atoms with Crippen LogP contribution in [0.1, 0.15) is 66.9 Å². The summed E-state index contributed by atoms with van der Waals surface area (Å²) in [4.78, 5) is 37.3. The molecule has 2 aliphatic heterocycles. The Kier molecular flexibility index (Phi) is 8.87. The SMILES string of the molecule is CCn1nccc1C(=O)N[C@H](c1cn2nc(CC3C[C@@H](C(F)(F)F)CNC3=O)c(N3CCOCC3)nc2n1)[C@@H]1CCCC(F)(F)C1. The van der Waals surface area contributed by atoms with Crippen LogP contribution in [0.3, 0.4) is 0 Å². The number of anilines is 1. The number of halogens is 5. The van der Waals surface area contributed by atoms with E-state index in [-0.39, 0.29) is 42.8 Å². The molecule has 46 heavy (non-hydrogen) atoms. The Labute approximate surface area is 261 Å². The summed E-state index contributed by atoms with van der Waals surface area (Å²) in [5.74, 6) is -6.71. The summed E-state index contributed by atoms with van der Waals surface area (Å²) in [6.45, 7) is 3.45. The molecule has 0 bridgehead atoms. The number of aryl methyl sites for hydroxylation is 1. The van der Waals surface area contributed by atoms with Crippen molar-refractivity contribution in [3.8, 4) is 0 Å². The number of ether oxygens (including phenoxy) is 1. The maximum atomic E-state index is 14.6. The summed E-state index contributed by atoms with van der Waals surface area (Å²) in [6, 6.07) is 0.637. The first-order valence-electron chi connectivity index (χ1n) is 15.6. The zero-order valence-corrected chi connectivity index (χ0v) is 25.3. The predicted octanol–water partition coefficient (Wildman–Crippen LogP) is 3.33. The van der Waals surface area contributed by atoms with Crippen LogP contribution in [0, 0.1) is 17.8 Å². The molecule has 2 N–H and O–H groups in total. The van der Waals surface area contributed by atoms with Crippen molar-refractivity contribution in [2.75, 3.05) is 37.7 Å². The van der Waals surface area contributed by atoms with Crippen LogP contribution in [-0.4, -0.2) is 86.1 Å². The van der Waals surface area contributed by atoms with E-state index in [2.05, 4.69) is 25.8 Å². The molecule has 4 atom stereocenters. The molecule has 0 aromatic carbocycles. The number of carbonyl (C=O) groups excluding carboxylic acids is 2. The number of amides is 2. The number of hydrogen-bond donors (Lipinski definition) is 2. The van der Waals surface area contributed by atoms with Crippen LogP contribution in [0.2, 0.25) is 0 Å². The number of fused-ring (bicyclic) bond motifs is 1. The summed E-state index contributed by atoms with van der Waals surface area (Å²) in [5, 5.41) is 14.1. The summed E-state index contributed by atoms with van der Waals surface area (Å²) < 4.78 is 78.3. The van der Waals surface area contributed by atoms with Crippen molar-refractivity contribution in [2.24, 2.45) is 17.8 Å². The van der Waals surface area contributed by atoms with E-state index in [0.29, 0.717) is 50.8 Å². The molecule has 1 unspecified atom stereocenters. The van der Waals surface area contributed by atoms with Crippen molar-refractivity contribution in [1.82, 2.24) is 40.0 Å². The van der Waals surface area contributed by atoms with E-state index in [1.54, 1.807) is 6.07 Å². The third-order valence-electron chi connectivity index (χ3n) is 9.06. The first kappa shape index (κ1) is 32.1. The number of nitrogens with one attached hydrogen (secondary N) is 2. The number of morpholine rings is 1. The van der Waals surface area contributed by atoms with Crippen molar-refractivity contribution in [1.29, 1.82) is 0 Å². The van der Waals surface area contributed by atoms with Crippen LogP contribution < -0.4 is 15.5 Å². The van der Waals surface area contributed by atoms with Gasteiger partial charge in [-0.2, -0.15) is 28.4 Å². The molecule has 3 aromatic rings. The smallest absolute Gasteiger partial charge is 0.378 e. The standard InChI is InChI=1S/C29H36F5N9O3/c1-2-42-22(5-7-36-42)26(45)38-23(17-4-3-6-28(30,31)14-17)21-16-43-27(37-21)39-24(41-8-10-46-11-9-41)20(40-43)13-18-12-19(29(32,33)34)15-35-25(18)44/h5,7,16-19,23H,2-4,6,8-15H2,1H3,(H,35,44)(H,38,45)/t17-,18?,19-,23+/m1/s1. The molecule has 2 saturated heterocycles. The number of carbonyl (C=O) groups is 2. The zero-order chi connectivity index (χ0) is 32.6. The lowest BCUT2D eigenvalue weighted by Gasteiger charge is -2.34. The van der Waals surface area contributed by atoms with Gasteiger partial charge in [0.25, 0.3) is 11.7 Å². The summed E-state index contributed by atoms with van der Waals surface area (Å²) >= 11 is 0. The summed E-state index contributed by atoms with van der Waals surface area (Å²) in [7, 11) is 0. The Bertz CT molecular complexity index is 1570. The lowest BCUT2D eigenvalue weighted by molar-refractivity contribution is -0.183. The van der Waals surface area contributed by atoms with Gasteiger partial charge >= 0.3 is 6.18 Å². The highest BCUT2D eigenvalue weighted by Crippen LogP contribution is 2.42. The van der Waals surface area contributed by atoms with Gasteiger partial charge in [-0.1, -0.05) is 0 Å². The Morgan fingerprint density at radius 3 is 2.74 bits per heavy atom. The van der Waals surface area contributed by atoms with Crippen molar-refractivity contribution in [3.05, 3.63) is 35.5 Å². The van der Waals surface area contributed by atoms with Gasteiger partial charge in [0.15, 0.2) is 5.82 Å². The lowest BCUT2D eigenvalue weighted by atomic mass is 9.80. The van der Waals surface area contributed by atoms with Crippen LogP contribution in [0.5, 0.6) is 0 Å². The Balaban J connectivity index is 1.37. The van der Waals surface area contributed by atoms with Crippen LogP contribution >= 0.6 is 0 Å². The first-order chi connectivity index (χ1) is 21.9. The first-order valence-corrected chi connectivity index (χ1v) is 15.6. The number of alkyl halides is 5. The summed E-state index contributed by atoms with van der Waals surface area (Å²) in [5.41, 5.74) is 0.851. The van der Waals surface area contributed by atoms with Gasteiger partial charge in [0, 0.05) is 57.6 Å². The molecule has 12 nitrogen and oxygen atoms in total. The van der Waals surface area contributed by atoms with Gasteiger partial charge in [-0.05, 0) is 38.2 Å². The molecule has 0 spiro atoms. The second-order valence-corrected chi connectivity index (χ2v) is 12.2. The average molecular weight is 654 g/mol. The highest BCUT2D eigenvalue weighted by Gasteiger charge is 2.45. The molecule has 1 aliphatic carbocycles. The number of imidazole rings is 1. The van der Waals surface area contributed by atoms with Crippen molar-refractivity contribution in [3.63, 3.8) is 0 Å². The molecule has 250 valence electrons. The molecule has 17 heteroatoms. The number of piperidine rings is 1. The van der Waals surface area contributed by atoms with Gasteiger partial charge in [0.1, 0.15) is 11.4 Å². The van der Waals surface area contributed by atoms with Gasteiger partial charge in [-0.25, -0.2) is 18.3 Å². The van der Waals surface area contributed by atoms with E-state index in [1.165, 1.54) is 21.6 Å². The molecular weight excluding hydrogens is 617 g/mol. The van der Waals surface area contributed by atoms with Gasteiger partial charge in [-0.15, -0.1) is 0 Å². The topological polar surface area (TPSA) is 132 Å². The minimum Gasteiger partial charge on any atom is -0.378 e. The van der Waals surface area contributed by atoms with E-state index < -0.39 is 60.7 Å². The third kappa shape index (κ3) is 6.78. The highest BCUT2D eigenvalue weighted by atomic mass is 19.4. The lowest BCUT2D eigenvalue weighted by Crippen LogP contribution is -2.47.